The maximum atomic E-state index is 11.9. The van der Waals surface area contributed by atoms with Gasteiger partial charge in [0.05, 0.1) is 31.4 Å². The molecular weight excluding hydrogens is 254 g/mol. The fraction of sp³-hybridized carbons (Fsp3) is 0.600. The van der Waals surface area contributed by atoms with Crippen LogP contribution < -0.4 is 5.32 Å². The molecule has 1 aromatic rings. The molecule has 1 aliphatic rings. The highest BCUT2D eigenvalue weighted by atomic mass is 16.5. The number of carbonyl (C=O) groups is 1. The average Bonchev–Trinajstić information content (AvgIpc) is 2.46. The molecule has 0 aliphatic carbocycles. The van der Waals surface area contributed by atoms with E-state index in [9.17, 15) is 4.79 Å². The fourth-order valence-corrected chi connectivity index (χ4v) is 2.31. The summed E-state index contributed by atoms with van der Waals surface area (Å²) in [5.41, 5.74) is 0.870. The SMILES string of the molecule is CC(C)N1CCO[C@@H](CC(=O)NCc2ccccn2)C1. The Morgan fingerprint density at radius 2 is 2.40 bits per heavy atom. The van der Waals surface area contributed by atoms with Gasteiger partial charge in [-0.3, -0.25) is 14.7 Å². The third-order valence-electron chi connectivity index (χ3n) is 3.51. The van der Waals surface area contributed by atoms with Crippen molar-refractivity contribution in [1.29, 1.82) is 0 Å². The Bertz CT molecular complexity index is 422. The normalized spacial score (nSPS) is 20.1. The van der Waals surface area contributed by atoms with E-state index in [2.05, 4.69) is 29.0 Å². The maximum Gasteiger partial charge on any atom is 0.222 e. The summed E-state index contributed by atoms with van der Waals surface area (Å²) in [4.78, 5) is 18.4. The molecule has 0 radical (unpaired) electrons. The Balaban J connectivity index is 1.74. The smallest absolute Gasteiger partial charge is 0.222 e. The van der Waals surface area contributed by atoms with Gasteiger partial charge >= 0.3 is 0 Å². The zero-order valence-corrected chi connectivity index (χ0v) is 12.2. The van der Waals surface area contributed by atoms with Gasteiger partial charge in [0.25, 0.3) is 0 Å². The first-order valence-corrected chi connectivity index (χ1v) is 7.17. The number of nitrogens with zero attached hydrogens (tertiary/aromatic N) is 2. The molecule has 1 saturated heterocycles. The highest BCUT2D eigenvalue weighted by molar-refractivity contribution is 5.76. The summed E-state index contributed by atoms with van der Waals surface area (Å²) < 4.78 is 5.66. The number of morpholine rings is 1. The summed E-state index contributed by atoms with van der Waals surface area (Å²) in [7, 11) is 0. The Morgan fingerprint density at radius 3 is 3.10 bits per heavy atom. The number of pyridine rings is 1. The molecule has 1 N–H and O–H groups in total. The van der Waals surface area contributed by atoms with Gasteiger partial charge in [0.1, 0.15) is 0 Å². The summed E-state index contributed by atoms with van der Waals surface area (Å²) >= 11 is 0. The van der Waals surface area contributed by atoms with Crippen molar-refractivity contribution in [2.24, 2.45) is 0 Å². The van der Waals surface area contributed by atoms with Crippen LogP contribution in [-0.2, 0) is 16.1 Å². The lowest BCUT2D eigenvalue weighted by atomic mass is 10.1. The highest BCUT2D eigenvalue weighted by Crippen LogP contribution is 2.11. The minimum Gasteiger partial charge on any atom is -0.375 e. The van der Waals surface area contributed by atoms with E-state index in [1.807, 2.05) is 18.2 Å². The quantitative estimate of drug-likeness (QED) is 0.878. The van der Waals surface area contributed by atoms with Crippen LogP contribution >= 0.6 is 0 Å². The van der Waals surface area contributed by atoms with Crippen LogP contribution in [0, 0.1) is 0 Å². The van der Waals surface area contributed by atoms with Crippen molar-refractivity contribution < 1.29 is 9.53 Å². The molecule has 2 heterocycles. The predicted molar refractivity (Wildman–Crippen MR) is 77.1 cm³/mol. The Hall–Kier alpha value is -1.46. The van der Waals surface area contributed by atoms with E-state index in [0.717, 1.165) is 18.8 Å². The average molecular weight is 277 g/mol. The van der Waals surface area contributed by atoms with Crippen molar-refractivity contribution in [2.45, 2.75) is 39.0 Å². The van der Waals surface area contributed by atoms with Crippen LogP contribution in [0.15, 0.2) is 24.4 Å². The van der Waals surface area contributed by atoms with E-state index >= 15 is 0 Å². The van der Waals surface area contributed by atoms with Crippen molar-refractivity contribution in [1.82, 2.24) is 15.2 Å². The number of ether oxygens (including phenoxy) is 1. The van der Waals surface area contributed by atoms with Crippen molar-refractivity contribution >= 4 is 5.91 Å². The van der Waals surface area contributed by atoms with E-state index < -0.39 is 0 Å². The third-order valence-corrected chi connectivity index (χ3v) is 3.51. The third kappa shape index (κ3) is 4.58. The summed E-state index contributed by atoms with van der Waals surface area (Å²) in [6.07, 6.45) is 2.14. The largest absolute Gasteiger partial charge is 0.375 e. The van der Waals surface area contributed by atoms with Gasteiger partial charge in [-0.1, -0.05) is 6.07 Å². The predicted octanol–water partition coefficient (Wildman–Crippen LogP) is 1.20. The van der Waals surface area contributed by atoms with Crippen LogP contribution in [0.2, 0.25) is 0 Å². The second kappa shape index (κ2) is 7.36. The second-order valence-corrected chi connectivity index (χ2v) is 5.38. The van der Waals surface area contributed by atoms with Crippen molar-refractivity contribution in [3.05, 3.63) is 30.1 Å². The van der Waals surface area contributed by atoms with E-state index in [-0.39, 0.29) is 12.0 Å². The van der Waals surface area contributed by atoms with Crippen LogP contribution in [0.4, 0.5) is 0 Å². The molecule has 5 heteroatoms. The number of hydrogen-bond donors (Lipinski definition) is 1. The highest BCUT2D eigenvalue weighted by Gasteiger charge is 2.24. The monoisotopic (exact) mass is 277 g/mol. The lowest BCUT2D eigenvalue weighted by Gasteiger charge is -2.35. The van der Waals surface area contributed by atoms with Crippen molar-refractivity contribution in [3.8, 4) is 0 Å². The molecular formula is C15H23N3O2. The van der Waals surface area contributed by atoms with E-state index in [1.54, 1.807) is 6.20 Å². The summed E-state index contributed by atoms with van der Waals surface area (Å²) in [5, 5.41) is 2.89. The first kappa shape index (κ1) is 14.9. The number of amides is 1. The first-order chi connectivity index (χ1) is 9.65. The maximum absolute atomic E-state index is 11.9. The van der Waals surface area contributed by atoms with E-state index in [1.165, 1.54) is 0 Å². The fourth-order valence-electron chi connectivity index (χ4n) is 2.31. The van der Waals surface area contributed by atoms with Gasteiger partial charge in [0.2, 0.25) is 5.91 Å². The second-order valence-electron chi connectivity index (χ2n) is 5.38. The van der Waals surface area contributed by atoms with Gasteiger partial charge < -0.3 is 10.1 Å². The number of hydrogen-bond acceptors (Lipinski definition) is 4. The summed E-state index contributed by atoms with van der Waals surface area (Å²) in [6.45, 7) is 7.29. The molecule has 0 spiro atoms. The molecule has 0 bridgehead atoms. The van der Waals surface area contributed by atoms with Crippen molar-refractivity contribution in [3.63, 3.8) is 0 Å². The van der Waals surface area contributed by atoms with Crippen LogP contribution in [0.3, 0.4) is 0 Å². The van der Waals surface area contributed by atoms with Gasteiger partial charge in [-0.25, -0.2) is 0 Å². The number of carbonyl (C=O) groups excluding carboxylic acids is 1. The summed E-state index contributed by atoms with van der Waals surface area (Å²) in [5.74, 6) is 0.0197. The molecule has 5 nitrogen and oxygen atoms in total. The molecule has 20 heavy (non-hydrogen) atoms. The van der Waals surface area contributed by atoms with Gasteiger partial charge in [-0.2, -0.15) is 0 Å². The topological polar surface area (TPSA) is 54.5 Å². The molecule has 1 atom stereocenters. The standard InChI is InChI=1S/C15H23N3O2/c1-12(2)18-7-8-20-14(11-18)9-15(19)17-10-13-5-3-4-6-16-13/h3-6,12,14H,7-11H2,1-2H3,(H,17,19)/t14-/m0/s1. The van der Waals surface area contributed by atoms with Crippen molar-refractivity contribution in [2.75, 3.05) is 19.7 Å². The van der Waals surface area contributed by atoms with Gasteiger partial charge in [0, 0.05) is 25.3 Å². The molecule has 1 aliphatic heterocycles. The van der Waals surface area contributed by atoms with Gasteiger partial charge in [-0.05, 0) is 26.0 Å². The molecule has 110 valence electrons. The zero-order chi connectivity index (χ0) is 14.4. The summed E-state index contributed by atoms with van der Waals surface area (Å²) in [6, 6.07) is 6.18. The number of nitrogens with one attached hydrogen (secondary N) is 1. The minimum absolute atomic E-state index is 0.00474. The van der Waals surface area contributed by atoms with E-state index in [4.69, 9.17) is 4.74 Å². The molecule has 1 amide bonds. The van der Waals surface area contributed by atoms with E-state index in [0.29, 0.717) is 25.6 Å². The molecule has 1 aromatic heterocycles. The zero-order valence-electron chi connectivity index (χ0n) is 12.2. The van der Waals surface area contributed by atoms with Gasteiger partial charge in [0.15, 0.2) is 0 Å². The number of aromatic nitrogens is 1. The Morgan fingerprint density at radius 1 is 1.55 bits per heavy atom. The van der Waals surface area contributed by atoms with Crippen LogP contribution in [-0.4, -0.2) is 47.6 Å². The first-order valence-electron chi connectivity index (χ1n) is 7.17. The Labute approximate surface area is 120 Å². The van der Waals surface area contributed by atoms with Crippen LogP contribution in [0.1, 0.15) is 26.0 Å². The molecule has 1 fully saturated rings. The molecule has 0 aromatic carbocycles. The molecule has 2 rings (SSSR count). The minimum atomic E-state index is -0.00474. The Kier molecular flexibility index (Phi) is 5.49. The molecule has 0 unspecified atom stereocenters. The number of rotatable bonds is 5. The van der Waals surface area contributed by atoms with Crippen LogP contribution in [0.5, 0.6) is 0 Å². The molecule has 0 saturated carbocycles. The lowest BCUT2D eigenvalue weighted by Crippen LogP contribution is -2.47. The van der Waals surface area contributed by atoms with Crippen LogP contribution in [0.25, 0.3) is 0 Å². The van der Waals surface area contributed by atoms with Gasteiger partial charge in [-0.15, -0.1) is 0 Å². The lowest BCUT2D eigenvalue weighted by molar-refractivity contribution is -0.126.